The zero-order valence-corrected chi connectivity index (χ0v) is 13.6. The molecule has 2 rings (SSSR count). The average Bonchev–Trinajstić information content (AvgIpc) is 2.76. The third-order valence-corrected chi connectivity index (χ3v) is 3.54. The van der Waals surface area contributed by atoms with Crippen LogP contribution >= 0.6 is 0 Å². The van der Waals surface area contributed by atoms with Crippen LogP contribution in [0.4, 0.5) is 5.82 Å². The molecule has 0 spiro atoms. The lowest BCUT2D eigenvalue weighted by Gasteiger charge is -2.24. The number of ether oxygens (including phenoxy) is 1. The lowest BCUT2D eigenvalue weighted by Crippen LogP contribution is -2.25. The van der Waals surface area contributed by atoms with E-state index in [0.717, 1.165) is 34.9 Å². The summed E-state index contributed by atoms with van der Waals surface area (Å²) in [5.74, 6) is 1.74. The molecule has 0 saturated carbocycles. The molecule has 0 fully saturated rings. The number of rotatable bonds is 4. The van der Waals surface area contributed by atoms with Gasteiger partial charge in [0.1, 0.15) is 17.3 Å². The van der Waals surface area contributed by atoms with Crippen LogP contribution in [0.5, 0.6) is 0 Å². The monoisotopic (exact) mass is 287 g/mol. The lowest BCUT2D eigenvalue weighted by molar-refractivity contribution is 0.185. The number of hydrogen-bond acceptors (Lipinski definition) is 3. The number of aryl methyl sites for hydroxylation is 1. The summed E-state index contributed by atoms with van der Waals surface area (Å²) in [6.07, 6.45) is 0.855. The first kappa shape index (κ1) is 15.6. The van der Waals surface area contributed by atoms with Crippen LogP contribution in [0, 0.1) is 0 Å². The van der Waals surface area contributed by atoms with E-state index in [0.29, 0.717) is 6.61 Å². The van der Waals surface area contributed by atoms with Crippen molar-refractivity contribution in [3.05, 3.63) is 35.7 Å². The van der Waals surface area contributed by atoms with Gasteiger partial charge in [-0.15, -0.1) is 0 Å². The molecule has 0 amide bonds. The number of nitrogens with two attached hydrogens (primary N) is 1. The topological polar surface area (TPSA) is 53.1 Å². The number of aromatic nitrogens is 2. The van der Waals surface area contributed by atoms with E-state index in [-0.39, 0.29) is 5.54 Å². The highest BCUT2D eigenvalue weighted by Gasteiger charge is 2.24. The summed E-state index contributed by atoms with van der Waals surface area (Å²) in [6, 6.07) is 8.13. The Labute approximate surface area is 127 Å². The Bertz CT molecular complexity index is 623. The third kappa shape index (κ3) is 2.95. The van der Waals surface area contributed by atoms with Crippen LogP contribution in [0.1, 0.15) is 39.1 Å². The first-order valence-electron chi connectivity index (χ1n) is 7.35. The van der Waals surface area contributed by atoms with Crippen LogP contribution in [-0.2, 0) is 23.3 Å². The molecule has 114 valence electrons. The molecule has 0 radical (unpaired) electrons. The number of methoxy groups -OCH3 is 1. The third-order valence-electron chi connectivity index (χ3n) is 3.54. The molecule has 1 aromatic carbocycles. The molecule has 1 heterocycles. The van der Waals surface area contributed by atoms with Crippen LogP contribution in [-0.4, -0.2) is 16.7 Å². The standard InChI is InChI=1S/C17H25N3O/c1-6-14-19-15(16(18)20(14)17(2,3)4)13-10-8-7-9-12(13)11-21-5/h7-10H,6,11,18H2,1-5H3. The van der Waals surface area contributed by atoms with E-state index in [1.165, 1.54) is 0 Å². The molecule has 2 aromatic rings. The molecule has 4 heteroatoms. The van der Waals surface area contributed by atoms with Gasteiger partial charge >= 0.3 is 0 Å². The van der Waals surface area contributed by atoms with Gasteiger partial charge in [0.25, 0.3) is 0 Å². The Kier molecular flexibility index (Phi) is 4.37. The van der Waals surface area contributed by atoms with E-state index < -0.39 is 0 Å². The van der Waals surface area contributed by atoms with Crippen LogP contribution in [0.3, 0.4) is 0 Å². The number of nitrogen functional groups attached to an aromatic ring is 1. The van der Waals surface area contributed by atoms with Crippen molar-refractivity contribution in [3.8, 4) is 11.3 Å². The Morgan fingerprint density at radius 2 is 1.90 bits per heavy atom. The fourth-order valence-electron chi connectivity index (χ4n) is 2.70. The number of anilines is 1. The number of imidazole rings is 1. The second-order valence-electron chi connectivity index (χ2n) is 6.21. The van der Waals surface area contributed by atoms with Crippen LogP contribution < -0.4 is 5.73 Å². The van der Waals surface area contributed by atoms with Crippen LogP contribution in [0.15, 0.2) is 24.3 Å². The first-order valence-corrected chi connectivity index (χ1v) is 7.35. The van der Waals surface area contributed by atoms with E-state index in [9.17, 15) is 0 Å². The SMILES string of the molecule is CCc1nc(-c2ccccc2COC)c(N)n1C(C)(C)C. The molecule has 0 unspecified atom stereocenters. The summed E-state index contributed by atoms with van der Waals surface area (Å²) in [5.41, 5.74) is 9.35. The molecular weight excluding hydrogens is 262 g/mol. The predicted molar refractivity (Wildman–Crippen MR) is 87.2 cm³/mol. The van der Waals surface area contributed by atoms with E-state index >= 15 is 0 Å². The molecule has 0 bridgehead atoms. The molecule has 0 atom stereocenters. The molecule has 1 aromatic heterocycles. The Hall–Kier alpha value is -1.81. The summed E-state index contributed by atoms with van der Waals surface area (Å²) < 4.78 is 7.42. The van der Waals surface area contributed by atoms with Crippen molar-refractivity contribution >= 4 is 5.82 Å². The summed E-state index contributed by atoms with van der Waals surface area (Å²) >= 11 is 0. The minimum absolute atomic E-state index is 0.0864. The Balaban J connectivity index is 2.64. The molecular formula is C17H25N3O. The van der Waals surface area contributed by atoms with Gasteiger partial charge in [-0.25, -0.2) is 4.98 Å². The summed E-state index contributed by atoms with van der Waals surface area (Å²) in [7, 11) is 1.70. The first-order chi connectivity index (χ1) is 9.90. The van der Waals surface area contributed by atoms with Gasteiger partial charge in [-0.2, -0.15) is 0 Å². The Morgan fingerprint density at radius 1 is 1.24 bits per heavy atom. The minimum atomic E-state index is -0.0864. The fraction of sp³-hybridized carbons (Fsp3) is 0.471. The smallest absolute Gasteiger partial charge is 0.132 e. The lowest BCUT2D eigenvalue weighted by atomic mass is 10.0. The van der Waals surface area contributed by atoms with Gasteiger partial charge in [0, 0.05) is 24.6 Å². The van der Waals surface area contributed by atoms with Gasteiger partial charge in [0.15, 0.2) is 0 Å². The summed E-state index contributed by atoms with van der Waals surface area (Å²) in [4.78, 5) is 4.79. The van der Waals surface area contributed by atoms with Gasteiger partial charge in [-0.05, 0) is 26.3 Å². The summed E-state index contributed by atoms with van der Waals surface area (Å²) in [5, 5.41) is 0. The van der Waals surface area contributed by atoms with E-state index in [1.807, 2.05) is 12.1 Å². The molecule has 0 saturated heterocycles. The predicted octanol–water partition coefficient (Wildman–Crippen LogP) is 3.60. The number of nitrogens with zero attached hydrogens (tertiary/aromatic N) is 2. The average molecular weight is 287 g/mol. The van der Waals surface area contributed by atoms with E-state index in [1.54, 1.807) is 7.11 Å². The maximum absolute atomic E-state index is 6.42. The van der Waals surface area contributed by atoms with Crippen molar-refractivity contribution in [1.82, 2.24) is 9.55 Å². The normalized spacial score (nSPS) is 11.9. The number of benzene rings is 1. The molecule has 21 heavy (non-hydrogen) atoms. The highest BCUT2D eigenvalue weighted by Crippen LogP contribution is 2.33. The Morgan fingerprint density at radius 3 is 2.43 bits per heavy atom. The highest BCUT2D eigenvalue weighted by molar-refractivity contribution is 5.74. The van der Waals surface area contributed by atoms with Crippen molar-refractivity contribution in [2.75, 3.05) is 12.8 Å². The van der Waals surface area contributed by atoms with Gasteiger partial charge in [0.2, 0.25) is 0 Å². The molecule has 4 nitrogen and oxygen atoms in total. The maximum atomic E-state index is 6.42. The second-order valence-corrected chi connectivity index (χ2v) is 6.21. The van der Waals surface area contributed by atoms with Crippen LogP contribution in [0.25, 0.3) is 11.3 Å². The largest absolute Gasteiger partial charge is 0.383 e. The highest BCUT2D eigenvalue weighted by atomic mass is 16.5. The second kappa shape index (κ2) is 5.90. The van der Waals surface area contributed by atoms with Crippen molar-refractivity contribution in [3.63, 3.8) is 0 Å². The van der Waals surface area contributed by atoms with Crippen molar-refractivity contribution < 1.29 is 4.74 Å². The zero-order valence-electron chi connectivity index (χ0n) is 13.6. The van der Waals surface area contributed by atoms with Gasteiger partial charge in [0.05, 0.1) is 6.61 Å². The van der Waals surface area contributed by atoms with Crippen molar-refractivity contribution in [1.29, 1.82) is 0 Å². The van der Waals surface area contributed by atoms with E-state index in [4.69, 9.17) is 15.5 Å². The van der Waals surface area contributed by atoms with Gasteiger partial charge < -0.3 is 15.0 Å². The summed E-state index contributed by atoms with van der Waals surface area (Å²) in [6.45, 7) is 9.10. The molecule has 2 N–H and O–H groups in total. The number of hydrogen-bond donors (Lipinski definition) is 1. The van der Waals surface area contributed by atoms with Gasteiger partial charge in [-0.1, -0.05) is 31.2 Å². The molecule has 0 aliphatic carbocycles. The van der Waals surface area contributed by atoms with Gasteiger partial charge in [-0.3, -0.25) is 0 Å². The van der Waals surface area contributed by atoms with Crippen molar-refractivity contribution in [2.45, 2.75) is 46.3 Å². The quantitative estimate of drug-likeness (QED) is 0.935. The zero-order chi connectivity index (χ0) is 15.6. The maximum Gasteiger partial charge on any atom is 0.132 e. The van der Waals surface area contributed by atoms with E-state index in [2.05, 4.69) is 44.4 Å². The molecule has 0 aliphatic heterocycles. The van der Waals surface area contributed by atoms with Crippen LogP contribution in [0.2, 0.25) is 0 Å². The fourth-order valence-corrected chi connectivity index (χ4v) is 2.70. The molecule has 0 aliphatic rings. The minimum Gasteiger partial charge on any atom is -0.383 e. The van der Waals surface area contributed by atoms with Crippen molar-refractivity contribution in [2.24, 2.45) is 0 Å².